The quantitative estimate of drug-likeness (QED) is 0.711. The van der Waals surface area contributed by atoms with Gasteiger partial charge in [-0.05, 0) is 69.2 Å². The lowest BCUT2D eigenvalue weighted by Gasteiger charge is -2.62. The number of Topliss-reactive ketones (excluding diaryl/α,β-unsaturated/α-hetero) is 1. The maximum atomic E-state index is 12.6. The zero-order valence-corrected chi connectivity index (χ0v) is 17.5. The van der Waals surface area contributed by atoms with Crippen molar-refractivity contribution in [1.29, 1.82) is 0 Å². The van der Waals surface area contributed by atoms with Gasteiger partial charge in [-0.2, -0.15) is 0 Å². The summed E-state index contributed by atoms with van der Waals surface area (Å²) in [4.78, 5) is 18.3. The minimum atomic E-state index is -0.668. The molecule has 4 aliphatic carbocycles. The Morgan fingerprint density at radius 3 is 2.71 bits per heavy atom. The second-order valence-electron chi connectivity index (χ2n) is 10.8. The molecular formula is C23H36N2O3. The van der Waals surface area contributed by atoms with Gasteiger partial charge in [0.05, 0.1) is 11.3 Å². The molecule has 0 amide bonds. The SMILES string of the molecule is C[C@]12CC[C@H]3[C@@H](CC[C@@]4(O)C/C(=N/O[C@H]5CCNC5)CC[C@]34C)[C@@H]1CCC2=O. The van der Waals surface area contributed by atoms with Gasteiger partial charge < -0.3 is 15.3 Å². The Morgan fingerprint density at radius 2 is 1.93 bits per heavy atom. The second-order valence-corrected chi connectivity index (χ2v) is 10.8. The van der Waals surface area contributed by atoms with Crippen molar-refractivity contribution >= 4 is 11.5 Å². The lowest BCUT2D eigenvalue weighted by atomic mass is 9.43. The fourth-order valence-electron chi connectivity index (χ4n) is 7.77. The van der Waals surface area contributed by atoms with Crippen LogP contribution in [0.1, 0.15) is 78.1 Å². The van der Waals surface area contributed by atoms with Crippen molar-refractivity contribution in [1.82, 2.24) is 5.32 Å². The van der Waals surface area contributed by atoms with Crippen LogP contribution in [0.2, 0.25) is 0 Å². The Bertz CT molecular complexity index is 687. The van der Waals surface area contributed by atoms with Crippen molar-refractivity contribution < 1.29 is 14.7 Å². The number of hydrogen-bond acceptors (Lipinski definition) is 5. The van der Waals surface area contributed by atoms with Crippen molar-refractivity contribution in [3.63, 3.8) is 0 Å². The van der Waals surface area contributed by atoms with Crippen LogP contribution in [-0.2, 0) is 9.63 Å². The molecule has 1 aliphatic heterocycles. The molecule has 28 heavy (non-hydrogen) atoms. The second kappa shape index (κ2) is 6.53. The molecule has 156 valence electrons. The lowest BCUT2D eigenvalue weighted by Crippen LogP contribution is -2.62. The number of nitrogens with one attached hydrogen (secondary N) is 1. The first-order valence-corrected chi connectivity index (χ1v) is 11.5. The number of rotatable bonds is 2. The first-order chi connectivity index (χ1) is 13.4. The molecule has 5 rings (SSSR count). The van der Waals surface area contributed by atoms with Crippen molar-refractivity contribution in [2.24, 2.45) is 33.7 Å². The predicted molar refractivity (Wildman–Crippen MR) is 108 cm³/mol. The zero-order valence-electron chi connectivity index (χ0n) is 17.5. The topological polar surface area (TPSA) is 70.9 Å². The maximum Gasteiger partial charge on any atom is 0.141 e. The highest BCUT2D eigenvalue weighted by atomic mass is 16.6. The van der Waals surface area contributed by atoms with Crippen molar-refractivity contribution in [3.8, 4) is 0 Å². The third kappa shape index (κ3) is 2.64. The van der Waals surface area contributed by atoms with Crippen LogP contribution in [-0.4, -0.2) is 41.4 Å². The van der Waals surface area contributed by atoms with Crippen LogP contribution >= 0.6 is 0 Å². The molecule has 4 saturated carbocycles. The minimum absolute atomic E-state index is 0.0587. The summed E-state index contributed by atoms with van der Waals surface area (Å²) in [6.07, 6.45) is 9.64. The van der Waals surface area contributed by atoms with E-state index in [1.54, 1.807) is 0 Å². The molecule has 2 N–H and O–H groups in total. The highest BCUT2D eigenvalue weighted by Crippen LogP contribution is 2.66. The van der Waals surface area contributed by atoms with E-state index in [9.17, 15) is 9.90 Å². The van der Waals surface area contributed by atoms with Crippen LogP contribution in [0.4, 0.5) is 0 Å². The minimum Gasteiger partial charge on any atom is -0.391 e. The van der Waals surface area contributed by atoms with Crippen LogP contribution in [0.5, 0.6) is 0 Å². The average Bonchev–Trinajstić information content (AvgIpc) is 3.29. The van der Waals surface area contributed by atoms with Gasteiger partial charge in [0, 0.05) is 36.6 Å². The maximum absolute atomic E-state index is 12.6. The fraction of sp³-hybridized carbons (Fsp3) is 0.913. The molecule has 0 bridgehead atoms. The van der Waals surface area contributed by atoms with Gasteiger partial charge in [0.1, 0.15) is 11.9 Å². The lowest BCUT2D eigenvalue weighted by molar-refractivity contribution is -0.188. The van der Waals surface area contributed by atoms with E-state index in [2.05, 4.69) is 24.3 Å². The van der Waals surface area contributed by atoms with E-state index in [4.69, 9.17) is 4.84 Å². The van der Waals surface area contributed by atoms with E-state index in [-0.39, 0.29) is 16.9 Å². The molecule has 0 spiro atoms. The summed E-state index contributed by atoms with van der Waals surface area (Å²) < 4.78 is 0. The summed E-state index contributed by atoms with van der Waals surface area (Å²) in [5, 5.41) is 19.6. The van der Waals surface area contributed by atoms with Crippen LogP contribution in [0.15, 0.2) is 5.16 Å². The van der Waals surface area contributed by atoms with Crippen LogP contribution in [0, 0.1) is 28.6 Å². The summed E-state index contributed by atoms with van der Waals surface area (Å²) in [7, 11) is 0. The summed E-state index contributed by atoms with van der Waals surface area (Å²) in [6.45, 7) is 6.44. The molecular weight excluding hydrogens is 352 g/mol. The van der Waals surface area contributed by atoms with Gasteiger partial charge >= 0.3 is 0 Å². The van der Waals surface area contributed by atoms with E-state index in [0.717, 1.165) is 76.6 Å². The number of carbonyl (C=O) groups excluding carboxylic acids is 1. The largest absolute Gasteiger partial charge is 0.391 e. The number of ketones is 1. The van der Waals surface area contributed by atoms with Gasteiger partial charge in [0.2, 0.25) is 0 Å². The van der Waals surface area contributed by atoms with E-state index in [1.165, 1.54) is 0 Å². The van der Waals surface area contributed by atoms with Gasteiger partial charge in [0.15, 0.2) is 0 Å². The van der Waals surface area contributed by atoms with Crippen molar-refractivity contribution in [2.75, 3.05) is 13.1 Å². The van der Waals surface area contributed by atoms with Crippen LogP contribution < -0.4 is 5.32 Å². The van der Waals surface area contributed by atoms with E-state index in [1.807, 2.05) is 0 Å². The van der Waals surface area contributed by atoms with E-state index < -0.39 is 5.60 Å². The monoisotopic (exact) mass is 388 g/mol. The third-order valence-corrected chi connectivity index (χ3v) is 9.69. The molecule has 5 aliphatic rings. The highest BCUT2D eigenvalue weighted by molar-refractivity contribution is 5.87. The van der Waals surface area contributed by atoms with Crippen LogP contribution in [0.3, 0.4) is 0 Å². The van der Waals surface area contributed by atoms with Gasteiger partial charge in [0.25, 0.3) is 0 Å². The zero-order chi connectivity index (χ0) is 19.6. The molecule has 7 atom stereocenters. The third-order valence-electron chi connectivity index (χ3n) is 9.69. The number of carbonyl (C=O) groups is 1. The molecule has 1 saturated heterocycles. The molecule has 5 fully saturated rings. The summed E-state index contributed by atoms with van der Waals surface area (Å²) >= 11 is 0. The number of oxime groups is 1. The number of aliphatic hydroxyl groups is 1. The molecule has 0 unspecified atom stereocenters. The van der Waals surface area contributed by atoms with E-state index >= 15 is 0 Å². The number of hydrogen-bond donors (Lipinski definition) is 2. The molecule has 5 nitrogen and oxygen atoms in total. The Morgan fingerprint density at radius 1 is 1.07 bits per heavy atom. The predicted octanol–water partition coefficient (Wildman–Crippen LogP) is 3.45. The molecule has 0 radical (unpaired) electrons. The van der Waals surface area contributed by atoms with Gasteiger partial charge in [-0.25, -0.2) is 0 Å². The van der Waals surface area contributed by atoms with Gasteiger partial charge in [-0.15, -0.1) is 0 Å². The molecule has 0 aromatic heterocycles. The molecule has 5 heteroatoms. The molecule has 0 aromatic carbocycles. The van der Waals surface area contributed by atoms with Crippen molar-refractivity contribution in [2.45, 2.75) is 89.8 Å². The first-order valence-electron chi connectivity index (χ1n) is 11.5. The highest BCUT2D eigenvalue weighted by Gasteiger charge is 2.64. The van der Waals surface area contributed by atoms with Gasteiger partial charge in [-0.3, -0.25) is 4.79 Å². The summed E-state index contributed by atoms with van der Waals surface area (Å²) in [5.41, 5.74) is 0.231. The summed E-state index contributed by atoms with van der Waals surface area (Å²) in [6, 6.07) is 0. The Kier molecular flexibility index (Phi) is 4.44. The van der Waals surface area contributed by atoms with Crippen molar-refractivity contribution in [3.05, 3.63) is 0 Å². The molecule has 1 heterocycles. The standard InChI is InChI=1S/C23H36N2O3/c1-21-9-7-19-17(18(21)3-4-20(21)26)6-11-23(27)13-15(5-10-22(19,23)2)25-28-16-8-12-24-14-16/h16-19,24,27H,3-14H2,1-2H3/b25-15+/t16-,17-,18-,19-,21-,22+,23+/m0/s1. The Balaban J connectivity index is 1.35. The molecule has 0 aromatic rings. The van der Waals surface area contributed by atoms with Gasteiger partial charge in [-0.1, -0.05) is 19.0 Å². The normalized spacial score (nSPS) is 52.2. The number of nitrogens with zero attached hydrogens (tertiary/aromatic N) is 1. The Labute approximate surface area is 168 Å². The Hall–Kier alpha value is -0.940. The fourth-order valence-corrected chi connectivity index (χ4v) is 7.77. The number of fused-ring (bicyclic) bond motifs is 5. The smallest absolute Gasteiger partial charge is 0.141 e. The van der Waals surface area contributed by atoms with Crippen LogP contribution in [0.25, 0.3) is 0 Å². The van der Waals surface area contributed by atoms with E-state index in [0.29, 0.717) is 30.0 Å². The summed E-state index contributed by atoms with van der Waals surface area (Å²) in [5.74, 6) is 2.18. The average molecular weight is 389 g/mol. The first kappa shape index (κ1) is 19.0.